The second kappa shape index (κ2) is 4.23. The molecule has 0 bridgehead atoms. The van der Waals surface area contributed by atoms with E-state index in [9.17, 15) is 0 Å². The lowest BCUT2D eigenvalue weighted by atomic mass is 9.85. The quantitative estimate of drug-likeness (QED) is 0.856. The predicted molar refractivity (Wildman–Crippen MR) is 62.1 cm³/mol. The first-order chi connectivity index (χ1) is 7.18. The Balaban J connectivity index is 2.09. The second-order valence-electron chi connectivity index (χ2n) is 4.07. The van der Waals surface area contributed by atoms with Gasteiger partial charge in [-0.3, -0.25) is 0 Å². The van der Waals surface area contributed by atoms with Crippen LogP contribution in [0.15, 0.2) is 6.33 Å². The van der Waals surface area contributed by atoms with E-state index >= 15 is 0 Å². The molecule has 0 saturated heterocycles. The van der Waals surface area contributed by atoms with E-state index in [1.54, 1.807) is 0 Å². The fourth-order valence-electron chi connectivity index (χ4n) is 1.79. The Hall–Kier alpha value is -1.03. The Morgan fingerprint density at radius 3 is 2.87 bits per heavy atom. The van der Waals surface area contributed by atoms with Crippen molar-refractivity contribution in [3.8, 4) is 0 Å². The third-order valence-corrected chi connectivity index (χ3v) is 3.28. The van der Waals surface area contributed by atoms with E-state index < -0.39 is 0 Å². The molecule has 2 rings (SSSR count). The van der Waals surface area contributed by atoms with Gasteiger partial charge in [-0.05, 0) is 18.8 Å². The first-order valence-electron chi connectivity index (χ1n) is 5.15. The molecule has 1 aliphatic carbocycles. The maximum atomic E-state index is 6.04. The van der Waals surface area contributed by atoms with Crippen molar-refractivity contribution in [3.05, 3.63) is 11.3 Å². The maximum absolute atomic E-state index is 6.04. The number of nitrogens with two attached hydrogens (primary N) is 1. The molecule has 0 aromatic carbocycles. The summed E-state index contributed by atoms with van der Waals surface area (Å²) in [6.07, 6.45) is 5.41. The summed E-state index contributed by atoms with van der Waals surface area (Å²) in [6, 6.07) is 0. The first kappa shape index (κ1) is 10.5. The van der Waals surface area contributed by atoms with Crippen molar-refractivity contribution >= 4 is 23.2 Å². The summed E-state index contributed by atoms with van der Waals surface area (Å²) in [5.41, 5.74) is 5.63. The number of rotatable bonds is 3. The van der Waals surface area contributed by atoms with Gasteiger partial charge in [0.05, 0.1) is 0 Å². The molecule has 0 aliphatic heterocycles. The average Bonchev–Trinajstić information content (AvgIpc) is 2.15. The van der Waals surface area contributed by atoms with Crippen molar-refractivity contribution in [1.82, 2.24) is 9.97 Å². The highest BCUT2D eigenvalue weighted by Gasteiger charge is 2.21. The number of halogens is 1. The lowest BCUT2D eigenvalue weighted by Gasteiger charge is -2.30. The second-order valence-corrected chi connectivity index (χ2v) is 4.45. The van der Waals surface area contributed by atoms with Crippen LogP contribution in [0.3, 0.4) is 0 Å². The Morgan fingerprint density at radius 2 is 2.27 bits per heavy atom. The average molecular weight is 227 g/mol. The molecule has 0 spiro atoms. The maximum Gasteiger partial charge on any atom is 0.152 e. The minimum absolute atomic E-state index is 0.349. The van der Waals surface area contributed by atoms with Crippen LogP contribution in [-0.4, -0.2) is 23.6 Å². The highest BCUT2D eigenvalue weighted by atomic mass is 35.5. The van der Waals surface area contributed by atoms with Crippen molar-refractivity contribution in [2.24, 2.45) is 5.92 Å². The summed E-state index contributed by atoms with van der Waals surface area (Å²) < 4.78 is 0. The van der Waals surface area contributed by atoms with Gasteiger partial charge in [0.2, 0.25) is 0 Å². The molecule has 1 aliphatic rings. The topological polar surface area (TPSA) is 55.0 Å². The Morgan fingerprint density at radius 1 is 1.53 bits per heavy atom. The van der Waals surface area contributed by atoms with E-state index in [1.165, 1.54) is 25.6 Å². The van der Waals surface area contributed by atoms with Gasteiger partial charge in [-0.25, -0.2) is 9.97 Å². The highest BCUT2D eigenvalue weighted by molar-refractivity contribution is 6.35. The van der Waals surface area contributed by atoms with Crippen LogP contribution in [0, 0.1) is 5.92 Å². The van der Waals surface area contributed by atoms with Crippen LogP contribution in [0.5, 0.6) is 0 Å². The number of aromatic nitrogens is 2. The number of nitrogen functional groups attached to an aromatic ring is 1. The summed E-state index contributed by atoms with van der Waals surface area (Å²) >= 11 is 6.04. The van der Waals surface area contributed by atoms with Crippen LogP contribution in [0.4, 0.5) is 11.6 Å². The smallest absolute Gasteiger partial charge is 0.152 e. The Bertz CT molecular complexity index is 351. The van der Waals surface area contributed by atoms with Crippen LogP contribution in [0.2, 0.25) is 5.02 Å². The summed E-state index contributed by atoms with van der Waals surface area (Å²) in [6.45, 7) is 0.996. The van der Waals surface area contributed by atoms with E-state index in [0.29, 0.717) is 10.8 Å². The van der Waals surface area contributed by atoms with Crippen molar-refractivity contribution in [2.75, 3.05) is 24.2 Å². The molecule has 0 radical (unpaired) electrons. The predicted octanol–water partition coefficient (Wildman–Crippen LogP) is 1.95. The zero-order valence-corrected chi connectivity index (χ0v) is 9.54. The zero-order chi connectivity index (χ0) is 10.8. The van der Waals surface area contributed by atoms with E-state index in [4.69, 9.17) is 17.3 Å². The van der Waals surface area contributed by atoms with E-state index in [0.717, 1.165) is 18.3 Å². The van der Waals surface area contributed by atoms with Crippen LogP contribution in [0.25, 0.3) is 0 Å². The minimum atomic E-state index is 0.349. The first-order valence-corrected chi connectivity index (χ1v) is 5.53. The van der Waals surface area contributed by atoms with Crippen molar-refractivity contribution < 1.29 is 0 Å². The third kappa shape index (κ3) is 2.15. The molecular weight excluding hydrogens is 212 g/mol. The molecule has 0 unspecified atom stereocenters. The lowest BCUT2D eigenvalue weighted by Crippen LogP contribution is -2.30. The SMILES string of the molecule is CN(CC1CCC1)c1ncnc(N)c1Cl. The van der Waals surface area contributed by atoms with Crippen molar-refractivity contribution in [1.29, 1.82) is 0 Å². The van der Waals surface area contributed by atoms with Gasteiger partial charge in [-0.1, -0.05) is 18.0 Å². The van der Waals surface area contributed by atoms with E-state index in [1.807, 2.05) is 7.05 Å². The Kier molecular flexibility index (Phi) is 2.95. The van der Waals surface area contributed by atoms with Crippen LogP contribution in [-0.2, 0) is 0 Å². The minimum Gasteiger partial charge on any atom is -0.382 e. The highest BCUT2D eigenvalue weighted by Crippen LogP contribution is 2.31. The summed E-state index contributed by atoms with van der Waals surface area (Å²) in [4.78, 5) is 10.1. The molecule has 0 atom stereocenters. The molecule has 0 amide bonds. The third-order valence-electron chi connectivity index (χ3n) is 2.92. The molecule has 1 fully saturated rings. The number of nitrogens with zero attached hydrogens (tertiary/aromatic N) is 3. The summed E-state index contributed by atoms with van der Waals surface area (Å²) in [5.74, 6) is 1.86. The van der Waals surface area contributed by atoms with Gasteiger partial charge in [0.15, 0.2) is 5.82 Å². The normalized spacial score (nSPS) is 16.1. The molecule has 1 saturated carbocycles. The van der Waals surface area contributed by atoms with E-state index in [2.05, 4.69) is 14.9 Å². The van der Waals surface area contributed by atoms with Crippen LogP contribution < -0.4 is 10.6 Å². The van der Waals surface area contributed by atoms with Crippen LogP contribution in [0.1, 0.15) is 19.3 Å². The van der Waals surface area contributed by atoms with Gasteiger partial charge in [0.25, 0.3) is 0 Å². The lowest BCUT2D eigenvalue weighted by molar-refractivity contribution is 0.321. The molecule has 5 heteroatoms. The number of hydrogen-bond acceptors (Lipinski definition) is 4. The van der Waals surface area contributed by atoms with Gasteiger partial charge < -0.3 is 10.6 Å². The van der Waals surface area contributed by atoms with Gasteiger partial charge in [-0.2, -0.15) is 0 Å². The molecule has 1 heterocycles. The van der Waals surface area contributed by atoms with Gasteiger partial charge in [-0.15, -0.1) is 0 Å². The zero-order valence-electron chi connectivity index (χ0n) is 8.78. The molecule has 1 aromatic heterocycles. The monoisotopic (exact) mass is 226 g/mol. The van der Waals surface area contributed by atoms with Gasteiger partial charge in [0, 0.05) is 13.6 Å². The number of hydrogen-bond donors (Lipinski definition) is 1. The molecular formula is C10H15ClN4. The molecule has 1 aromatic rings. The van der Waals surface area contributed by atoms with E-state index in [-0.39, 0.29) is 0 Å². The fourth-order valence-corrected chi connectivity index (χ4v) is 2.03. The molecule has 4 nitrogen and oxygen atoms in total. The Labute approximate surface area is 94.5 Å². The summed E-state index contributed by atoms with van der Waals surface area (Å²) in [7, 11) is 1.99. The number of anilines is 2. The molecule has 15 heavy (non-hydrogen) atoms. The standard InChI is InChI=1S/C10H15ClN4/c1-15(5-7-3-2-4-7)10-8(11)9(12)13-6-14-10/h6-7H,2-5H2,1H3,(H2,12,13,14). The summed E-state index contributed by atoms with van der Waals surface area (Å²) in [5, 5.41) is 0.458. The molecule has 82 valence electrons. The van der Waals surface area contributed by atoms with Gasteiger partial charge in [0.1, 0.15) is 17.2 Å². The van der Waals surface area contributed by atoms with Crippen LogP contribution >= 0.6 is 11.6 Å². The largest absolute Gasteiger partial charge is 0.382 e. The fraction of sp³-hybridized carbons (Fsp3) is 0.600. The van der Waals surface area contributed by atoms with Crippen molar-refractivity contribution in [3.63, 3.8) is 0 Å². The molecule has 2 N–H and O–H groups in total. The van der Waals surface area contributed by atoms with Gasteiger partial charge >= 0.3 is 0 Å². The van der Waals surface area contributed by atoms with Crippen molar-refractivity contribution in [2.45, 2.75) is 19.3 Å².